The highest BCUT2D eigenvalue weighted by Crippen LogP contribution is 2.32. The zero-order chi connectivity index (χ0) is 25.1. The number of methoxy groups -OCH3 is 1. The van der Waals surface area contributed by atoms with Crippen LogP contribution in [0.4, 0.5) is 16.3 Å². The second kappa shape index (κ2) is 10.6. The van der Waals surface area contributed by atoms with Gasteiger partial charge in [-0.1, -0.05) is 0 Å². The Balaban J connectivity index is 1.50. The van der Waals surface area contributed by atoms with E-state index in [1.165, 1.54) is 0 Å². The minimum atomic E-state index is -0.267. The second-order valence-electron chi connectivity index (χ2n) is 8.77. The summed E-state index contributed by atoms with van der Waals surface area (Å²) < 4.78 is 12.9. The molecule has 3 aromatic rings. The van der Waals surface area contributed by atoms with Gasteiger partial charge in [0.25, 0.3) is 5.17 Å². The van der Waals surface area contributed by atoms with E-state index >= 15 is 0 Å². The Morgan fingerprint density at radius 3 is 2.50 bits per heavy atom. The van der Waals surface area contributed by atoms with Crippen LogP contribution in [0.2, 0.25) is 0 Å². The minimum Gasteiger partial charge on any atom is -0.474 e. The van der Waals surface area contributed by atoms with Crippen molar-refractivity contribution in [2.45, 2.75) is 18.9 Å². The molecule has 2 fully saturated rings. The number of likely N-dealkylation sites (tertiary alicyclic amines) is 1. The van der Waals surface area contributed by atoms with Gasteiger partial charge in [0.15, 0.2) is 11.5 Å². The minimum absolute atomic E-state index is 0.206. The number of morpholine rings is 1. The van der Waals surface area contributed by atoms with Gasteiger partial charge < -0.3 is 29.9 Å². The van der Waals surface area contributed by atoms with Crippen molar-refractivity contribution in [2.75, 3.05) is 63.8 Å². The Hall–Kier alpha value is -3.51. The molecule has 0 atom stereocenters. The number of aromatic nitrogens is 4. The first-order chi connectivity index (χ1) is 17.6. The van der Waals surface area contributed by atoms with E-state index in [0.717, 1.165) is 61.4 Å². The Kier molecular flexibility index (Phi) is 7.14. The van der Waals surface area contributed by atoms with Gasteiger partial charge in [-0.05, 0) is 49.3 Å². The van der Waals surface area contributed by atoms with Crippen LogP contribution in [0.25, 0.3) is 22.4 Å². The first-order valence-electron chi connectivity index (χ1n) is 12.1. The van der Waals surface area contributed by atoms with Gasteiger partial charge in [-0.2, -0.15) is 5.10 Å². The average Bonchev–Trinajstić information content (AvgIpc) is 3.37. The summed E-state index contributed by atoms with van der Waals surface area (Å²) >= 11 is 5.31. The van der Waals surface area contributed by atoms with Crippen LogP contribution in [-0.4, -0.2) is 89.4 Å². The third-order valence-electron chi connectivity index (χ3n) is 6.62. The zero-order valence-electron chi connectivity index (χ0n) is 20.4. The number of hydrogen-bond donors (Lipinski definition) is 2. The number of benzene rings is 1. The van der Waals surface area contributed by atoms with Gasteiger partial charge in [-0.25, -0.2) is 19.4 Å². The van der Waals surface area contributed by atoms with Crippen molar-refractivity contribution in [1.29, 1.82) is 0 Å². The molecule has 2 saturated heterocycles. The van der Waals surface area contributed by atoms with Crippen LogP contribution in [0.3, 0.4) is 0 Å². The lowest BCUT2D eigenvalue weighted by Gasteiger charge is -2.32. The quantitative estimate of drug-likeness (QED) is 0.512. The molecule has 2 amide bonds. The number of piperidine rings is 1. The highest BCUT2D eigenvalue weighted by molar-refractivity contribution is 7.80. The maximum Gasteiger partial charge on any atom is 0.318 e. The third kappa shape index (κ3) is 4.91. The summed E-state index contributed by atoms with van der Waals surface area (Å²) in [4.78, 5) is 25.9. The number of urea groups is 1. The molecule has 2 aliphatic heterocycles. The van der Waals surface area contributed by atoms with Gasteiger partial charge >= 0.3 is 6.03 Å². The fourth-order valence-electron chi connectivity index (χ4n) is 4.64. The van der Waals surface area contributed by atoms with Crippen LogP contribution in [0, 0.1) is 0 Å². The van der Waals surface area contributed by atoms with Gasteiger partial charge in [0, 0.05) is 44.5 Å². The van der Waals surface area contributed by atoms with Crippen LogP contribution >= 0.6 is 12.2 Å². The molecular weight excluding hydrogens is 480 g/mol. The van der Waals surface area contributed by atoms with Gasteiger partial charge in [0.2, 0.25) is 0 Å². The summed E-state index contributed by atoms with van der Waals surface area (Å²) in [5, 5.41) is 11.6. The Morgan fingerprint density at radius 2 is 1.83 bits per heavy atom. The average molecular weight is 511 g/mol. The van der Waals surface area contributed by atoms with Crippen molar-refractivity contribution in [1.82, 2.24) is 30.0 Å². The predicted molar refractivity (Wildman–Crippen MR) is 141 cm³/mol. The fraction of sp³-hybridized carbons (Fsp3) is 0.458. The lowest BCUT2D eigenvalue weighted by molar-refractivity contribution is 0.122. The summed E-state index contributed by atoms with van der Waals surface area (Å²) in [6, 6.07) is 7.46. The fourth-order valence-corrected chi connectivity index (χ4v) is 4.82. The van der Waals surface area contributed by atoms with Crippen LogP contribution in [0.1, 0.15) is 18.9 Å². The third-order valence-corrected chi connectivity index (χ3v) is 7.04. The molecule has 0 unspecified atom stereocenters. The number of ether oxygens (including phenoxy) is 2. The van der Waals surface area contributed by atoms with E-state index in [1.54, 1.807) is 14.2 Å². The van der Waals surface area contributed by atoms with E-state index in [4.69, 9.17) is 36.8 Å². The number of fused-ring (bicyclic) bond motifs is 1. The van der Waals surface area contributed by atoms with E-state index in [9.17, 15) is 4.79 Å². The molecule has 5 rings (SSSR count). The predicted octanol–water partition coefficient (Wildman–Crippen LogP) is 2.65. The number of carbonyl (C=O) groups excluding carboxylic acids is 1. The molecule has 36 heavy (non-hydrogen) atoms. The molecule has 0 radical (unpaired) electrons. The van der Waals surface area contributed by atoms with Gasteiger partial charge in [-0.3, -0.25) is 0 Å². The van der Waals surface area contributed by atoms with Gasteiger partial charge in [0.05, 0.1) is 37.9 Å². The number of nitrogens with zero attached hydrogens (tertiary/aromatic N) is 6. The Morgan fingerprint density at radius 1 is 1.11 bits per heavy atom. The number of thiocarbonyl (C=S) groups is 1. The smallest absolute Gasteiger partial charge is 0.318 e. The molecule has 0 bridgehead atoms. The molecule has 2 aromatic heterocycles. The van der Waals surface area contributed by atoms with Crippen molar-refractivity contribution in [3.05, 3.63) is 30.5 Å². The molecule has 1 aromatic carbocycles. The molecule has 4 heterocycles. The van der Waals surface area contributed by atoms with E-state index in [1.807, 2.05) is 35.1 Å². The molecule has 2 N–H and O–H groups in total. The first kappa shape index (κ1) is 24.2. The highest BCUT2D eigenvalue weighted by atomic mass is 32.1. The standard InChI is InChI=1S/C24H30N8O3S/c1-25-23(33)27-17-5-3-16(4-6-17)20-28-21(30-11-13-35-14-12-30)19-15-26-32(22(19)29-20)18-7-9-31(10-8-18)24(36)34-2/h3-6,15,18H,7-14H2,1-2H3,(H2,25,27,33). The largest absolute Gasteiger partial charge is 0.474 e. The summed E-state index contributed by atoms with van der Waals surface area (Å²) in [6.07, 6.45) is 3.67. The number of carbonyl (C=O) groups is 1. The normalized spacial score (nSPS) is 16.7. The number of hydrogen-bond acceptors (Lipinski definition) is 8. The van der Waals surface area contributed by atoms with Crippen LogP contribution < -0.4 is 15.5 Å². The lowest BCUT2D eigenvalue weighted by atomic mass is 10.1. The van der Waals surface area contributed by atoms with E-state index < -0.39 is 0 Å². The first-order valence-corrected chi connectivity index (χ1v) is 12.5. The highest BCUT2D eigenvalue weighted by Gasteiger charge is 2.27. The Bertz CT molecular complexity index is 1230. The van der Waals surface area contributed by atoms with Crippen molar-refractivity contribution in [2.24, 2.45) is 0 Å². The van der Waals surface area contributed by atoms with E-state index in [0.29, 0.717) is 29.9 Å². The molecule has 2 aliphatic rings. The lowest BCUT2D eigenvalue weighted by Crippen LogP contribution is -2.39. The number of rotatable bonds is 4. The van der Waals surface area contributed by atoms with Gasteiger partial charge in [-0.15, -0.1) is 0 Å². The number of amides is 2. The van der Waals surface area contributed by atoms with Crippen LogP contribution in [-0.2, 0) is 9.47 Å². The topological polar surface area (TPSA) is 110 Å². The molecule has 0 spiro atoms. The Labute approximate surface area is 214 Å². The van der Waals surface area contributed by atoms with Crippen molar-refractivity contribution >= 4 is 46.0 Å². The summed E-state index contributed by atoms with van der Waals surface area (Å²) in [7, 11) is 3.20. The molecule has 190 valence electrons. The summed E-state index contributed by atoms with van der Waals surface area (Å²) in [5.74, 6) is 1.49. The van der Waals surface area contributed by atoms with Crippen molar-refractivity contribution in [3.8, 4) is 11.4 Å². The summed E-state index contributed by atoms with van der Waals surface area (Å²) in [6.45, 7) is 4.47. The van der Waals surface area contributed by atoms with Crippen molar-refractivity contribution in [3.63, 3.8) is 0 Å². The molecule has 0 aliphatic carbocycles. The van der Waals surface area contributed by atoms with E-state index in [-0.39, 0.29) is 12.1 Å². The van der Waals surface area contributed by atoms with Crippen LogP contribution in [0.15, 0.2) is 30.5 Å². The number of nitrogens with one attached hydrogen (secondary N) is 2. The maximum atomic E-state index is 11.6. The SMILES string of the molecule is CNC(=O)Nc1ccc(-c2nc(N3CCOCC3)c3cnn(C4CCN(C(=S)OC)CC4)c3n2)cc1. The van der Waals surface area contributed by atoms with Gasteiger partial charge in [0.1, 0.15) is 5.82 Å². The molecule has 12 heteroatoms. The molecule has 11 nitrogen and oxygen atoms in total. The molecular formula is C24H30N8O3S. The van der Waals surface area contributed by atoms with Crippen molar-refractivity contribution < 1.29 is 14.3 Å². The second-order valence-corrected chi connectivity index (χ2v) is 9.12. The maximum absolute atomic E-state index is 11.6. The summed E-state index contributed by atoms with van der Waals surface area (Å²) in [5.41, 5.74) is 2.38. The number of anilines is 2. The molecule has 0 saturated carbocycles. The van der Waals surface area contributed by atoms with E-state index in [2.05, 4.69) is 20.4 Å². The van der Waals surface area contributed by atoms with Crippen LogP contribution in [0.5, 0.6) is 0 Å². The monoisotopic (exact) mass is 510 g/mol. The zero-order valence-corrected chi connectivity index (χ0v) is 21.3.